The van der Waals surface area contributed by atoms with Gasteiger partial charge in [-0.15, -0.1) is 11.3 Å². The summed E-state index contributed by atoms with van der Waals surface area (Å²) >= 11 is 1.62. The molecular formula is C13H14F2N2S. The summed E-state index contributed by atoms with van der Waals surface area (Å²) in [5.41, 5.74) is 2.50. The Bertz CT molecular complexity index is 479. The van der Waals surface area contributed by atoms with Gasteiger partial charge in [0.2, 0.25) is 0 Å². The van der Waals surface area contributed by atoms with Crippen LogP contribution in [0.3, 0.4) is 0 Å². The number of thiophene rings is 1. The largest absolute Gasteiger partial charge is 0.271 e. The number of hydrogen-bond donors (Lipinski definition) is 2. The fraction of sp³-hybridized carbons (Fsp3) is 0.231. The van der Waals surface area contributed by atoms with Gasteiger partial charge in [0.1, 0.15) is 11.6 Å². The first kappa shape index (κ1) is 13.1. The Morgan fingerprint density at radius 1 is 1.17 bits per heavy atom. The van der Waals surface area contributed by atoms with Crippen molar-refractivity contribution in [1.82, 2.24) is 5.43 Å². The van der Waals surface area contributed by atoms with Gasteiger partial charge in [0, 0.05) is 10.4 Å². The molecule has 2 aromatic rings. The maximum absolute atomic E-state index is 13.6. The van der Waals surface area contributed by atoms with E-state index in [1.54, 1.807) is 11.3 Å². The Labute approximate surface area is 108 Å². The highest BCUT2D eigenvalue weighted by Crippen LogP contribution is 2.25. The average Bonchev–Trinajstić information content (AvgIpc) is 2.86. The Hall–Kier alpha value is -1.30. The minimum Gasteiger partial charge on any atom is -0.271 e. The van der Waals surface area contributed by atoms with Crippen LogP contribution in [-0.4, -0.2) is 0 Å². The van der Waals surface area contributed by atoms with Crippen LogP contribution in [0.15, 0.2) is 35.7 Å². The highest BCUT2D eigenvalue weighted by molar-refractivity contribution is 7.09. The average molecular weight is 268 g/mol. The monoisotopic (exact) mass is 268 g/mol. The van der Waals surface area contributed by atoms with Gasteiger partial charge < -0.3 is 0 Å². The lowest BCUT2D eigenvalue weighted by Crippen LogP contribution is -2.29. The second kappa shape index (κ2) is 6.04. The lowest BCUT2D eigenvalue weighted by Gasteiger charge is -2.17. The lowest BCUT2D eigenvalue weighted by atomic mass is 10.0. The van der Waals surface area contributed by atoms with Gasteiger partial charge >= 0.3 is 0 Å². The number of nitrogens with one attached hydrogen (secondary N) is 1. The van der Waals surface area contributed by atoms with Gasteiger partial charge in [-0.1, -0.05) is 12.1 Å². The van der Waals surface area contributed by atoms with Crippen LogP contribution in [0.4, 0.5) is 8.78 Å². The number of halogens is 2. The molecule has 1 aromatic carbocycles. The number of benzene rings is 1. The molecule has 18 heavy (non-hydrogen) atoms. The van der Waals surface area contributed by atoms with Crippen LogP contribution in [0.1, 0.15) is 22.9 Å². The van der Waals surface area contributed by atoms with E-state index in [4.69, 9.17) is 5.84 Å². The van der Waals surface area contributed by atoms with Crippen molar-refractivity contribution in [3.63, 3.8) is 0 Å². The molecule has 1 heterocycles. The predicted octanol–water partition coefficient (Wildman–Crippen LogP) is 3.16. The zero-order valence-electron chi connectivity index (χ0n) is 9.70. The Morgan fingerprint density at radius 3 is 2.44 bits per heavy atom. The maximum Gasteiger partial charge on any atom is 0.130 e. The second-order valence-electron chi connectivity index (χ2n) is 3.97. The molecule has 0 saturated carbocycles. The summed E-state index contributed by atoms with van der Waals surface area (Å²) in [5, 5.41) is 1.98. The van der Waals surface area contributed by atoms with Gasteiger partial charge in [-0.2, -0.15) is 0 Å². The van der Waals surface area contributed by atoms with E-state index in [0.717, 1.165) is 6.42 Å². The molecule has 0 spiro atoms. The van der Waals surface area contributed by atoms with Crippen LogP contribution in [0.25, 0.3) is 0 Å². The first-order chi connectivity index (χ1) is 8.72. The number of hydrazine groups is 1. The molecule has 0 saturated heterocycles. The van der Waals surface area contributed by atoms with Crippen molar-refractivity contribution in [3.05, 3.63) is 57.8 Å². The quantitative estimate of drug-likeness (QED) is 0.645. The van der Waals surface area contributed by atoms with Crippen molar-refractivity contribution in [2.75, 3.05) is 0 Å². The van der Waals surface area contributed by atoms with Crippen molar-refractivity contribution in [2.45, 2.75) is 18.9 Å². The maximum atomic E-state index is 13.6. The van der Waals surface area contributed by atoms with E-state index >= 15 is 0 Å². The fourth-order valence-electron chi connectivity index (χ4n) is 1.90. The van der Waals surface area contributed by atoms with Crippen molar-refractivity contribution in [2.24, 2.45) is 5.84 Å². The van der Waals surface area contributed by atoms with Gasteiger partial charge in [0.25, 0.3) is 0 Å². The van der Waals surface area contributed by atoms with E-state index in [1.807, 2.05) is 17.5 Å². The highest BCUT2D eigenvalue weighted by atomic mass is 32.1. The van der Waals surface area contributed by atoms with Crippen LogP contribution in [-0.2, 0) is 6.42 Å². The summed E-state index contributed by atoms with van der Waals surface area (Å²) in [6.07, 6.45) is 1.29. The Morgan fingerprint density at radius 2 is 1.89 bits per heavy atom. The molecule has 1 atom stereocenters. The SMILES string of the molecule is NNC(CCc1cccs1)c1c(F)cccc1F. The summed E-state index contributed by atoms with van der Waals surface area (Å²) in [7, 11) is 0. The van der Waals surface area contributed by atoms with Gasteiger partial charge in [-0.25, -0.2) is 8.78 Å². The number of hydrogen-bond acceptors (Lipinski definition) is 3. The summed E-state index contributed by atoms with van der Waals surface area (Å²) < 4.78 is 27.2. The predicted molar refractivity (Wildman–Crippen MR) is 69.1 cm³/mol. The van der Waals surface area contributed by atoms with E-state index in [2.05, 4.69) is 5.43 Å². The molecule has 0 amide bonds. The van der Waals surface area contributed by atoms with E-state index < -0.39 is 17.7 Å². The molecule has 2 nitrogen and oxygen atoms in total. The minimum atomic E-state index is -0.566. The topological polar surface area (TPSA) is 38.0 Å². The molecule has 0 aliphatic heterocycles. The fourth-order valence-corrected chi connectivity index (χ4v) is 2.62. The second-order valence-corrected chi connectivity index (χ2v) is 5.00. The zero-order valence-corrected chi connectivity index (χ0v) is 10.5. The molecule has 0 radical (unpaired) electrons. The van der Waals surface area contributed by atoms with E-state index in [1.165, 1.54) is 23.1 Å². The molecule has 0 bridgehead atoms. The van der Waals surface area contributed by atoms with Crippen LogP contribution < -0.4 is 11.3 Å². The van der Waals surface area contributed by atoms with Gasteiger partial charge in [0.15, 0.2) is 0 Å². The molecule has 96 valence electrons. The molecule has 0 aliphatic rings. The third kappa shape index (κ3) is 2.93. The smallest absolute Gasteiger partial charge is 0.130 e. The molecular weight excluding hydrogens is 254 g/mol. The zero-order chi connectivity index (χ0) is 13.0. The third-order valence-corrected chi connectivity index (χ3v) is 3.75. The normalized spacial score (nSPS) is 12.6. The van der Waals surface area contributed by atoms with Gasteiger partial charge in [-0.3, -0.25) is 11.3 Å². The van der Waals surface area contributed by atoms with E-state index in [0.29, 0.717) is 6.42 Å². The number of nitrogens with two attached hydrogens (primary N) is 1. The summed E-state index contributed by atoms with van der Waals surface area (Å²) in [5.74, 6) is 4.27. The Kier molecular flexibility index (Phi) is 4.41. The molecule has 0 aliphatic carbocycles. The third-order valence-electron chi connectivity index (χ3n) is 2.81. The van der Waals surface area contributed by atoms with Crippen LogP contribution in [0, 0.1) is 11.6 Å². The number of rotatable bonds is 5. The molecule has 0 fully saturated rings. The Balaban J connectivity index is 2.13. The molecule has 3 N–H and O–H groups in total. The molecule has 2 rings (SSSR count). The highest BCUT2D eigenvalue weighted by Gasteiger charge is 2.18. The first-order valence-electron chi connectivity index (χ1n) is 5.64. The van der Waals surface area contributed by atoms with Crippen LogP contribution in [0.5, 0.6) is 0 Å². The lowest BCUT2D eigenvalue weighted by molar-refractivity contribution is 0.455. The van der Waals surface area contributed by atoms with Crippen molar-refractivity contribution < 1.29 is 8.78 Å². The summed E-state index contributed by atoms with van der Waals surface area (Å²) in [6.45, 7) is 0. The van der Waals surface area contributed by atoms with E-state index in [-0.39, 0.29) is 5.56 Å². The summed E-state index contributed by atoms with van der Waals surface area (Å²) in [6, 6.07) is 7.26. The van der Waals surface area contributed by atoms with Crippen LogP contribution in [0.2, 0.25) is 0 Å². The first-order valence-corrected chi connectivity index (χ1v) is 6.52. The standard InChI is InChI=1S/C13H14F2N2S/c14-10-4-1-5-11(15)13(10)12(17-16)7-6-9-3-2-8-18-9/h1-5,8,12,17H,6-7,16H2. The van der Waals surface area contributed by atoms with Crippen molar-refractivity contribution in [1.29, 1.82) is 0 Å². The molecule has 1 unspecified atom stereocenters. The minimum absolute atomic E-state index is 0.0107. The van der Waals surface area contributed by atoms with Crippen LogP contribution >= 0.6 is 11.3 Å². The van der Waals surface area contributed by atoms with Crippen molar-refractivity contribution in [3.8, 4) is 0 Å². The molecule has 5 heteroatoms. The van der Waals surface area contributed by atoms with Gasteiger partial charge in [-0.05, 0) is 36.4 Å². The van der Waals surface area contributed by atoms with E-state index in [9.17, 15) is 8.78 Å². The number of aryl methyl sites for hydroxylation is 1. The van der Waals surface area contributed by atoms with Crippen molar-refractivity contribution >= 4 is 11.3 Å². The molecule has 1 aromatic heterocycles. The summed E-state index contributed by atoms with van der Waals surface area (Å²) in [4.78, 5) is 1.17. The van der Waals surface area contributed by atoms with Gasteiger partial charge in [0.05, 0.1) is 6.04 Å².